The number of nitrogens with one attached hydrogen (secondary N) is 1. The fourth-order valence-electron chi connectivity index (χ4n) is 2.75. The second-order valence-corrected chi connectivity index (χ2v) is 5.51. The van der Waals surface area contributed by atoms with Gasteiger partial charge in [0.2, 0.25) is 5.88 Å². The lowest BCUT2D eigenvalue weighted by Gasteiger charge is -2.28. The highest BCUT2D eigenvalue weighted by molar-refractivity contribution is 5.42. The molecule has 1 aromatic rings. The maximum Gasteiger partial charge on any atom is 0.416 e. The molecule has 0 radical (unpaired) electrons. The van der Waals surface area contributed by atoms with Crippen LogP contribution < -0.4 is 10.1 Å². The summed E-state index contributed by atoms with van der Waals surface area (Å²) < 4.78 is 44.3. The van der Waals surface area contributed by atoms with Crippen LogP contribution in [0.3, 0.4) is 0 Å². The van der Waals surface area contributed by atoms with E-state index >= 15 is 0 Å². The van der Waals surface area contributed by atoms with E-state index in [1.54, 1.807) is 7.05 Å². The summed E-state index contributed by atoms with van der Waals surface area (Å²) in [6.07, 6.45) is 0.648. The van der Waals surface area contributed by atoms with Crippen LogP contribution in [0, 0.1) is 5.92 Å². The third-order valence-corrected chi connectivity index (χ3v) is 3.98. The van der Waals surface area contributed by atoms with E-state index in [1.165, 1.54) is 6.42 Å². The molecular weight excluding hydrogens is 281 g/mol. The number of pyridine rings is 1. The number of nitrogens with zero attached hydrogens (tertiary/aromatic N) is 1. The number of hydrogen-bond acceptors (Lipinski definition) is 3. The van der Waals surface area contributed by atoms with Crippen LogP contribution >= 0.6 is 0 Å². The average Bonchev–Trinajstić information content (AvgIpc) is 2.46. The van der Waals surface area contributed by atoms with Gasteiger partial charge in [-0.1, -0.05) is 19.8 Å². The SMILES string of the molecule is CCC1CCCC(Oc2cc(C(F)(F)F)cc(NC)n2)C1. The van der Waals surface area contributed by atoms with Gasteiger partial charge >= 0.3 is 6.18 Å². The molecule has 6 heteroatoms. The summed E-state index contributed by atoms with van der Waals surface area (Å²) in [5, 5.41) is 2.65. The van der Waals surface area contributed by atoms with E-state index in [2.05, 4.69) is 17.2 Å². The van der Waals surface area contributed by atoms with Crippen molar-refractivity contribution in [3.05, 3.63) is 17.7 Å². The quantitative estimate of drug-likeness (QED) is 0.890. The normalized spacial score (nSPS) is 22.9. The first-order valence-corrected chi connectivity index (χ1v) is 7.36. The Hall–Kier alpha value is -1.46. The van der Waals surface area contributed by atoms with Crippen LogP contribution in [0.2, 0.25) is 0 Å². The predicted octanol–water partition coefficient (Wildman–Crippen LogP) is 4.49. The zero-order chi connectivity index (χ0) is 15.5. The first-order chi connectivity index (χ1) is 9.92. The summed E-state index contributed by atoms with van der Waals surface area (Å²) in [7, 11) is 1.54. The number of rotatable bonds is 4. The highest BCUT2D eigenvalue weighted by atomic mass is 19.4. The number of aromatic nitrogens is 1. The molecule has 1 heterocycles. The number of ether oxygens (including phenoxy) is 1. The molecule has 1 fully saturated rings. The summed E-state index contributed by atoms with van der Waals surface area (Å²) in [6, 6.07) is 1.97. The van der Waals surface area contributed by atoms with Gasteiger partial charge in [0, 0.05) is 13.1 Å². The lowest BCUT2D eigenvalue weighted by atomic mass is 9.85. The topological polar surface area (TPSA) is 34.1 Å². The van der Waals surface area contributed by atoms with Gasteiger partial charge in [-0.25, -0.2) is 0 Å². The molecule has 1 aliphatic rings. The first kappa shape index (κ1) is 15.9. The van der Waals surface area contributed by atoms with Crippen LogP contribution in [0.1, 0.15) is 44.6 Å². The maximum absolute atomic E-state index is 12.9. The molecule has 2 rings (SSSR count). The van der Waals surface area contributed by atoms with Crippen molar-refractivity contribution in [3.8, 4) is 5.88 Å². The lowest BCUT2D eigenvalue weighted by Crippen LogP contribution is -2.25. The molecule has 118 valence electrons. The van der Waals surface area contributed by atoms with E-state index in [0.717, 1.165) is 37.8 Å². The minimum absolute atomic E-state index is 0.0376. The molecule has 2 atom stereocenters. The Labute approximate surface area is 122 Å². The summed E-state index contributed by atoms with van der Waals surface area (Å²) in [6.45, 7) is 2.13. The molecule has 2 unspecified atom stereocenters. The van der Waals surface area contributed by atoms with E-state index in [1.807, 2.05) is 0 Å². The van der Waals surface area contributed by atoms with Gasteiger partial charge < -0.3 is 10.1 Å². The van der Waals surface area contributed by atoms with Crippen LogP contribution in [-0.4, -0.2) is 18.1 Å². The van der Waals surface area contributed by atoms with Crippen molar-refractivity contribution in [1.82, 2.24) is 4.98 Å². The van der Waals surface area contributed by atoms with Crippen molar-refractivity contribution in [2.24, 2.45) is 5.92 Å². The van der Waals surface area contributed by atoms with Crippen molar-refractivity contribution < 1.29 is 17.9 Å². The fraction of sp³-hybridized carbons (Fsp3) is 0.667. The fourth-order valence-corrected chi connectivity index (χ4v) is 2.75. The van der Waals surface area contributed by atoms with Gasteiger partial charge in [-0.05, 0) is 31.2 Å². The third kappa shape index (κ3) is 4.25. The van der Waals surface area contributed by atoms with Gasteiger partial charge in [-0.2, -0.15) is 18.2 Å². The highest BCUT2D eigenvalue weighted by Crippen LogP contribution is 2.34. The minimum atomic E-state index is -4.40. The minimum Gasteiger partial charge on any atom is -0.474 e. The molecule has 0 amide bonds. The summed E-state index contributed by atoms with van der Waals surface area (Å²) in [5.74, 6) is 0.817. The Kier molecular flexibility index (Phi) is 4.96. The van der Waals surface area contributed by atoms with E-state index in [-0.39, 0.29) is 17.8 Å². The Bertz CT molecular complexity index is 476. The Morgan fingerprint density at radius 3 is 2.71 bits per heavy atom. The molecule has 0 aliphatic heterocycles. The molecule has 1 saturated carbocycles. The Morgan fingerprint density at radius 2 is 2.10 bits per heavy atom. The van der Waals surface area contributed by atoms with Crippen molar-refractivity contribution in [1.29, 1.82) is 0 Å². The van der Waals surface area contributed by atoms with Crippen molar-refractivity contribution in [2.45, 2.75) is 51.3 Å². The largest absolute Gasteiger partial charge is 0.474 e. The Balaban J connectivity index is 2.15. The standard InChI is InChI=1S/C15H21F3N2O/c1-3-10-5-4-6-12(7-10)21-14-9-11(15(16,17)18)8-13(19-2)20-14/h8-10,12H,3-7H2,1-2H3,(H,19,20). The monoisotopic (exact) mass is 302 g/mol. The molecule has 0 saturated heterocycles. The zero-order valence-electron chi connectivity index (χ0n) is 12.3. The molecule has 1 aliphatic carbocycles. The van der Waals surface area contributed by atoms with E-state index < -0.39 is 11.7 Å². The molecule has 0 aromatic carbocycles. The average molecular weight is 302 g/mol. The maximum atomic E-state index is 12.9. The van der Waals surface area contributed by atoms with E-state index in [0.29, 0.717) is 5.92 Å². The van der Waals surface area contributed by atoms with Crippen molar-refractivity contribution in [3.63, 3.8) is 0 Å². The summed E-state index contributed by atoms with van der Waals surface area (Å²) >= 11 is 0. The number of alkyl halides is 3. The smallest absolute Gasteiger partial charge is 0.416 e. The van der Waals surface area contributed by atoms with Crippen LogP contribution in [0.15, 0.2) is 12.1 Å². The Morgan fingerprint density at radius 1 is 1.33 bits per heavy atom. The second-order valence-electron chi connectivity index (χ2n) is 5.51. The first-order valence-electron chi connectivity index (χ1n) is 7.36. The second kappa shape index (κ2) is 6.54. The third-order valence-electron chi connectivity index (χ3n) is 3.98. The van der Waals surface area contributed by atoms with Crippen LogP contribution in [0.25, 0.3) is 0 Å². The van der Waals surface area contributed by atoms with Crippen molar-refractivity contribution >= 4 is 5.82 Å². The van der Waals surface area contributed by atoms with E-state index in [9.17, 15) is 13.2 Å². The number of hydrogen-bond donors (Lipinski definition) is 1. The predicted molar refractivity (Wildman–Crippen MR) is 75.5 cm³/mol. The van der Waals surface area contributed by atoms with E-state index in [4.69, 9.17) is 4.74 Å². The lowest BCUT2D eigenvalue weighted by molar-refractivity contribution is -0.137. The zero-order valence-corrected chi connectivity index (χ0v) is 12.3. The van der Waals surface area contributed by atoms with Gasteiger partial charge in [0.1, 0.15) is 11.9 Å². The summed E-state index contributed by atoms with van der Waals surface area (Å²) in [4.78, 5) is 4.08. The number of halogens is 3. The van der Waals surface area contributed by atoms with Gasteiger partial charge in [-0.3, -0.25) is 0 Å². The molecular formula is C15H21F3N2O. The molecule has 1 N–H and O–H groups in total. The highest BCUT2D eigenvalue weighted by Gasteiger charge is 2.32. The molecule has 21 heavy (non-hydrogen) atoms. The van der Waals surface area contributed by atoms with Crippen molar-refractivity contribution in [2.75, 3.05) is 12.4 Å². The summed E-state index contributed by atoms with van der Waals surface area (Å²) in [5.41, 5.74) is -0.736. The van der Waals surface area contributed by atoms with Gasteiger partial charge in [0.15, 0.2) is 0 Å². The molecule has 0 bridgehead atoms. The molecule has 0 spiro atoms. The van der Waals surface area contributed by atoms with Crippen LogP contribution in [0.4, 0.5) is 19.0 Å². The number of anilines is 1. The van der Waals surface area contributed by atoms with Gasteiger partial charge in [-0.15, -0.1) is 0 Å². The molecule has 3 nitrogen and oxygen atoms in total. The van der Waals surface area contributed by atoms with Gasteiger partial charge in [0.25, 0.3) is 0 Å². The van der Waals surface area contributed by atoms with Crippen LogP contribution in [0.5, 0.6) is 5.88 Å². The van der Waals surface area contributed by atoms with Gasteiger partial charge in [0.05, 0.1) is 5.56 Å². The van der Waals surface area contributed by atoms with Crippen LogP contribution in [-0.2, 0) is 6.18 Å². The molecule has 1 aromatic heterocycles.